The quantitative estimate of drug-likeness (QED) is 0.164. The first-order valence-electron chi connectivity index (χ1n) is 15.1. The minimum Gasteiger partial charge on any atom is -0.509 e. The average Bonchev–Trinajstić information content (AvgIpc) is 3.82. The molecule has 0 aliphatic rings. The number of fused-ring (bicyclic) bond motifs is 6. The molecule has 5 aromatic carbocycles. The number of ether oxygens (including phenoxy) is 1. The van der Waals surface area contributed by atoms with Gasteiger partial charge in [0.25, 0.3) is 0 Å². The zero-order valence-corrected chi connectivity index (χ0v) is 27.7. The van der Waals surface area contributed by atoms with Gasteiger partial charge in [0.15, 0.2) is 0 Å². The minimum atomic E-state index is 0. The van der Waals surface area contributed by atoms with Gasteiger partial charge in [-0.15, -0.1) is 35.7 Å². The molecule has 0 aliphatic carbocycles. The summed E-state index contributed by atoms with van der Waals surface area (Å²) in [7, 11) is 0. The Bertz CT molecular complexity index is 2540. The van der Waals surface area contributed by atoms with Gasteiger partial charge in [-0.3, -0.25) is 0 Å². The first kappa shape index (κ1) is 28.9. The number of para-hydroxylation sites is 3. The molecule has 0 fully saturated rings. The van der Waals surface area contributed by atoms with Gasteiger partial charge in [-0.05, 0) is 48.2 Å². The van der Waals surface area contributed by atoms with Crippen molar-refractivity contribution in [3.05, 3.63) is 145 Å². The van der Waals surface area contributed by atoms with Crippen LogP contribution in [0.3, 0.4) is 0 Å². The van der Waals surface area contributed by atoms with E-state index in [4.69, 9.17) is 9.72 Å². The maximum atomic E-state index is 6.30. The summed E-state index contributed by atoms with van der Waals surface area (Å²) in [5, 5.41) is 13.1. The first-order chi connectivity index (χ1) is 22.6. The summed E-state index contributed by atoms with van der Waals surface area (Å²) in [6.45, 7) is 4.36. The van der Waals surface area contributed by atoms with Crippen molar-refractivity contribution in [3.63, 3.8) is 0 Å². The van der Waals surface area contributed by atoms with Crippen LogP contribution >= 0.6 is 0 Å². The molecule has 0 bridgehead atoms. The molecule has 0 radical (unpaired) electrons. The molecule has 0 saturated heterocycles. The van der Waals surface area contributed by atoms with Gasteiger partial charge in [0.05, 0.1) is 29.1 Å². The van der Waals surface area contributed by atoms with Crippen LogP contribution < -0.4 is 4.74 Å². The summed E-state index contributed by atoms with van der Waals surface area (Å²) >= 11 is 0. The maximum Gasteiger partial charge on any atom is 2.00 e. The fourth-order valence-corrected chi connectivity index (χ4v) is 6.63. The molecule has 4 aromatic heterocycles. The molecule has 0 spiro atoms. The molecular formula is C39H26N6OPt. The van der Waals surface area contributed by atoms with Crippen LogP contribution in [-0.2, 0) is 21.1 Å². The van der Waals surface area contributed by atoms with Gasteiger partial charge < -0.3 is 13.9 Å². The summed E-state index contributed by atoms with van der Waals surface area (Å²) in [6, 6.07) is 42.2. The van der Waals surface area contributed by atoms with Crippen molar-refractivity contribution in [1.29, 1.82) is 0 Å². The predicted octanol–water partition coefficient (Wildman–Crippen LogP) is 8.86. The van der Waals surface area contributed by atoms with Gasteiger partial charge in [-0.2, -0.15) is 27.1 Å². The second-order valence-corrected chi connectivity index (χ2v) is 11.4. The summed E-state index contributed by atoms with van der Waals surface area (Å²) in [4.78, 5) is 6.43. The van der Waals surface area contributed by atoms with E-state index in [9.17, 15) is 0 Å². The van der Waals surface area contributed by atoms with E-state index in [2.05, 4.69) is 124 Å². The van der Waals surface area contributed by atoms with E-state index in [0.29, 0.717) is 17.2 Å². The van der Waals surface area contributed by atoms with Crippen molar-refractivity contribution >= 4 is 43.6 Å². The zero-order valence-electron chi connectivity index (χ0n) is 25.5. The van der Waals surface area contributed by atoms with E-state index < -0.39 is 0 Å². The van der Waals surface area contributed by atoms with E-state index in [-0.39, 0.29) is 21.1 Å². The third kappa shape index (κ3) is 4.65. The predicted molar refractivity (Wildman–Crippen MR) is 181 cm³/mol. The zero-order chi connectivity index (χ0) is 30.8. The van der Waals surface area contributed by atoms with Gasteiger partial charge in [0.1, 0.15) is 5.82 Å². The molecule has 228 valence electrons. The SMILES string of the molecule is Cc1cccc2c3cccc(C)c3n(-c3ccnc(-n4c5[c-]c(Oc6[c-]c(-n7nccn7)ccc6)ccc5c5ccccc54)c3)c12.[Pt+2]. The van der Waals surface area contributed by atoms with Gasteiger partial charge in [0, 0.05) is 40.1 Å². The molecule has 0 aliphatic heterocycles. The standard InChI is InChI=1S/C39H26N6O.Pt/c1-25-8-5-13-33-34-14-6-9-26(2)39(34)43(38(25)33)27-18-19-40-37(23-27)44-35-15-4-3-12-31(35)32-17-16-30(24-36(32)44)46-29-11-7-10-28(22-29)45-41-20-21-42-45;/h3-21,23H,1-2H3;/q-2;+2. The number of rotatable bonds is 5. The fraction of sp³-hybridized carbons (Fsp3) is 0.0513. The number of aryl methyl sites for hydroxylation is 2. The van der Waals surface area contributed by atoms with Crippen molar-refractivity contribution in [3.8, 4) is 28.7 Å². The van der Waals surface area contributed by atoms with Gasteiger partial charge in [-0.1, -0.05) is 60.1 Å². The molecule has 9 rings (SSSR count). The smallest absolute Gasteiger partial charge is 0.509 e. The molecule has 4 heterocycles. The second-order valence-electron chi connectivity index (χ2n) is 11.4. The van der Waals surface area contributed by atoms with E-state index in [1.54, 1.807) is 12.4 Å². The van der Waals surface area contributed by atoms with E-state index in [0.717, 1.165) is 33.3 Å². The van der Waals surface area contributed by atoms with E-state index >= 15 is 0 Å². The largest absolute Gasteiger partial charge is 2.00 e. The van der Waals surface area contributed by atoms with Crippen LogP contribution in [0.25, 0.3) is 60.8 Å². The van der Waals surface area contributed by atoms with E-state index in [1.807, 2.05) is 30.5 Å². The van der Waals surface area contributed by atoms with Crippen LogP contribution in [0.4, 0.5) is 0 Å². The van der Waals surface area contributed by atoms with E-state index in [1.165, 1.54) is 37.7 Å². The van der Waals surface area contributed by atoms with Crippen LogP contribution in [0.5, 0.6) is 11.5 Å². The Morgan fingerprint density at radius 1 is 0.596 bits per heavy atom. The van der Waals surface area contributed by atoms with Gasteiger partial charge in [-0.25, -0.2) is 4.98 Å². The topological polar surface area (TPSA) is 62.7 Å². The van der Waals surface area contributed by atoms with Crippen molar-refractivity contribution in [2.75, 3.05) is 0 Å². The molecule has 0 saturated carbocycles. The Balaban J connectivity index is 0.00000324. The average molecular weight is 790 g/mol. The molecule has 8 heteroatoms. The number of nitrogens with zero attached hydrogens (tertiary/aromatic N) is 6. The Morgan fingerprint density at radius 2 is 1.28 bits per heavy atom. The van der Waals surface area contributed by atoms with Crippen molar-refractivity contribution in [1.82, 2.24) is 29.1 Å². The number of hydrogen-bond donors (Lipinski definition) is 0. The Labute approximate surface area is 284 Å². The Morgan fingerprint density at radius 3 is 2.04 bits per heavy atom. The number of hydrogen-bond acceptors (Lipinski definition) is 4. The van der Waals surface area contributed by atoms with Gasteiger partial charge in [0.2, 0.25) is 0 Å². The fourth-order valence-electron chi connectivity index (χ4n) is 6.63. The van der Waals surface area contributed by atoms with Gasteiger partial charge >= 0.3 is 21.1 Å². The number of benzene rings is 5. The van der Waals surface area contributed by atoms with Crippen LogP contribution in [0, 0.1) is 26.0 Å². The first-order valence-corrected chi connectivity index (χ1v) is 15.1. The van der Waals surface area contributed by atoms with Crippen LogP contribution in [0.15, 0.2) is 122 Å². The van der Waals surface area contributed by atoms with Crippen LogP contribution in [0.1, 0.15) is 11.1 Å². The molecule has 0 atom stereocenters. The molecule has 7 nitrogen and oxygen atoms in total. The summed E-state index contributed by atoms with van der Waals surface area (Å²) in [5.74, 6) is 1.92. The van der Waals surface area contributed by atoms with Crippen LogP contribution in [-0.4, -0.2) is 29.1 Å². The number of pyridine rings is 1. The van der Waals surface area contributed by atoms with Crippen molar-refractivity contribution < 1.29 is 25.8 Å². The summed E-state index contributed by atoms with van der Waals surface area (Å²) < 4.78 is 10.8. The molecular weight excluding hydrogens is 764 g/mol. The molecule has 9 aromatic rings. The maximum absolute atomic E-state index is 6.30. The molecule has 0 unspecified atom stereocenters. The van der Waals surface area contributed by atoms with Crippen molar-refractivity contribution in [2.24, 2.45) is 0 Å². The molecule has 0 N–H and O–H groups in total. The number of aromatic nitrogens is 6. The molecule has 0 amide bonds. The third-order valence-electron chi connectivity index (χ3n) is 8.59. The van der Waals surface area contributed by atoms with Crippen LogP contribution in [0.2, 0.25) is 0 Å². The second kappa shape index (κ2) is 11.4. The Kier molecular flexibility index (Phi) is 7.00. The monoisotopic (exact) mass is 789 g/mol. The Hall–Kier alpha value is -5.52. The third-order valence-corrected chi connectivity index (χ3v) is 8.59. The molecule has 47 heavy (non-hydrogen) atoms. The summed E-state index contributed by atoms with van der Waals surface area (Å²) in [5.41, 5.74) is 8.52. The minimum absolute atomic E-state index is 0. The van der Waals surface area contributed by atoms with Crippen molar-refractivity contribution in [2.45, 2.75) is 13.8 Å². The summed E-state index contributed by atoms with van der Waals surface area (Å²) in [6.07, 6.45) is 5.16. The normalized spacial score (nSPS) is 11.4.